The lowest BCUT2D eigenvalue weighted by atomic mass is 10.0. The molecule has 0 atom stereocenters. The van der Waals surface area contributed by atoms with Crippen molar-refractivity contribution in [3.05, 3.63) is 41.3 Å². The maximum Gasteiger partial charge on any atom is 0.339 e. The highest BCUT2D eigenvalue weighted by Crippen LogP contribution is 2.31. The van der Waals surface area contributed by atoms with Crippen LogP contribution in [0.25, 0.3) is 11.3 Å². The van der Waals surface area contributed by atoms with E-state index >= 15 is 0 Å². The molecule has 1 aromatic heterocycles. The molecule has 20 heavy (non-hydrogen) atoms. The van der Waals surface area contributed by atoms with E-state index in [1.54, 1.807) is 26.2 Å². The Hall–Kier alpha value is -2.43. The van der Waals surface area contributed by atoms with Crippen LogP contribution in [0.4, 0.5) is 0 Å². The monoisotopic (exact) mass is 272 g/mol. The molecule has 0 spiro atoms. The standard InChI is InChI=1S/C15H16N2O3/c1-4-11-13(15(18)19)14(17-9(2)16-11)10-7-5-6-8-12(10)20-3/h5-8H,4H2,1-3H3,(H,18,19). The minimum atomic E-state index is -1.03. The summed E-state index contributed by atoms with van der Waals surface area (Å²) >= 11 is 0. The Morgan fingerprint density at radius 3 is 2.60 bits per heavy atom. The molecule has 0 fully saturated rings. The van der Waals surface area contributed by atoms with Crippen molar-refractivity contribution in [1.82, 2.24) is 9.97 Å². The number of carboxylic acid groups (broad SMARTS) is 1. The molecule has 2 aromatic rings. The number of benzene rings is 1. The zero-order valence-electron chi connectivity index (χ0n) is 11.7. The Labute approximate surface area is 117 Å². The molecule has 1 aromatic carbocycles. The Bertz CT molecular complexity index is 654. The average Bonchev–Trinajstić information content (AvgIpc) is 2.45. The first-order valence-electron chi connectivity index (χ1n) is 6.32. The van der Waals surface area contributed by atoms with Gasteiger partial charge in [-0.3, -0.25) is 0 Å². The van der Waals surface area contributed by atoms with E-state index in [2.05, 4.69) is 9.97 Å². The molecule has 2 rings (SSSR count). The van der Waals surface area contributed by atoms with E-state index in [0.29, 0.717) is 34.9 Å². The van der Waals surface area contributed by atoms with Crippen molar-refractivity contribution >= 4 is 5.97 Å². The molecule has 0 aliphatic carbocycles. The van der Waals surface area contributed by atoms with Gasteiger partial charge in [-0.05, 0) is 25.5 Å². The highest BCUT2D eigenvalue weighted by molar-refractivity contribution is 5.96. The van der Waals surface area contributed by atoms with E-state index in [-0.39, 0.29) is 5.56 Å². The summed E-state index contributed by atoms with van der Waals surface area (Å²) in [6.07, 6.45) is 0.535. The van der Waals surface area contributed by atoms with Crippen molar-refractivity contribution in [3.63, 3.8) is 0 Å². The second-order valence-corrected chi connectivity index (χ2v) is 4.30. The van der Waals surface area contributed by atoms with E-state index in [1.165, 1.54) is 0 Å². The minimum absolute atomic E-state index is 0.141. The fourth-order valence-electron chi connectivity index (χ4n) is 2.15. The average molecular weight is 272 g/mol. The summed E-state index contributed by atoms with van der Waals surface area (Å²) in [6, 6.07) is 7.24. The van der Waals surface area contributed by atoms with Crippen LogP contribution in [0.15, 0.2) is 24.3 Å². The first-order valence-corrected chi connectivity index (χ1v) is 6.32. The largest absolute Gasteiger partial charge is 0.496 e. The lowest BCUT2D eigenvalue weighted by Gasteiger charge is -2.13. The molecular formula is C15H16N2O3. The number of aromatic nitrogens is 2. The fraction of sp³-hybridized carbons (Fsp3) is 0.267. The number of methoxy groups -OCH3 is 1. The van der Waals surface area contributed by atoms with Crippen molar-refractivity contribution < 1.29 is 14.6 Å². The molecule has 0 aliphatic rings. The molecule has 0 saturated heterocycles. The summed E-state index contributed by atoms with van der Waals surface area (Å²) in [5.41, 5.74) is 1.74. The van der Waals surface area contributed by atoms with Crippen molar-refractivity contribution in [2.45, 2.75) is 20.3 Å². The number of hydrogen-bond donors (Lipinski definition) is 1. The normalized spacial score (nSPS) is 10.3. The number of rotatable bonds is 4. The van der Waals surface area contributed by atoms with E-state index < -0.39 is 5.97 Å². The van der Waals surface area contributed by atoms with Gasteiger partial charge in [0.05, 0.1) is 18.5 Å². The maximum absolute atomic E-state index is 11.6. The smallest absolute Gasteiger partial charge is 0.339 e. The van der Waals surface area contributed by atoms with Crippen molar-refractivity contribution in [3.8, 4) is 17.0 Å². The zero-order chi connectivity index (χ0) is 14.7. The van der Waals surface area contributed by atoms with Crippen molar-refractivity contribution in [2.24, 2.45) is 0 Å². The molecule has 0 aliphatic heterocycles. The Morgan fingerprint density at radius 2 is 2.00 bits per heavy atom. The van der Waals surface area contributed by atoms with Gasteiger partial charge in [-0.2, -0.15) is 0 Å². The van der Waals surface area contributed by atoms with E-state index in [0.717, 1.165) is 0 Å². The van der Waals surface area contributed by atoms with Crippen LogP contribution in [-0.4, -0.2) is 28.2 Å². The lowest BCUT2D eigenvalue weighted by Crippen LogP contribution is -2.11. The fourth-order valence-corrected chi connectivity index (χ4v) is 2.15. The number of ether oxygens (including phenoxy) is 1. The number of aryl methyl sites for hydroxylation is 2. The number of hydrogen-bond acceptors (Lipinski definition) is 4. The van der Waals surface area contributed by atoms with Gasteiger partial charge < -0.3 is 9.84 Å². The van der Waals surface area contributed by atoms with E-state index in [1.807, 2.05) is 19.1 Å². The van der Waals surface area contributed by atoms with Crippen molar-refractivity contribution in [2.75, 3.05) is 7.11 Å². The van der Waals surface area contributed by atoms with Gasteiger partial charge in [-0.1, -0.05) is 19.1 Å². The zero-order valence-corrected chi connectivity index (χ0v) is 11.7. The first-order chi connectivity index (χ1) is 9.58. The third-order valence-electron chi connectivity index (χ3n) is 3.01. The molecular weight excluding hydrogens is 256 g/mol. The molecule has 1 heterocycles. The van der Waals surface area contributed by atoms with Crippen LogP contribution in [0.2, 0.25) is 0 Å². The second kappa shape index (κ2) is 5.69. The summed E-state index contributed by atoms with van der Waals surface area (Å²) in [7, 11) is 1.55. The summed E-state index contributed by atoms with van der Waals surface area (Å²) in [6.45, 7) is 3.63. The molecule has 5 nitrogen and oxygen atoms in total. The van der Waals surface area contributed by atoms with E-state index in [9.17, 15) is 9.90 Å². The summed E-state index contributed by atoms with van der Waals surface area (Å²) in [5, 5.41) is 9.47. The molecule has 5 heteroatoms. The van der Waals surface area contributed by atoms with Gasteiger partial charge in [0.1, 0.15) is 17.1 Å². The summed E-state index contributed by atoms with van der Waals surface area (Å²) in [4.78, 5) is 20.1. The summed E-state index contributed by atoms with van der Waals surface area (Å²) < 4.78 is 5.29. The number of aromatic carboxylic acids is 1. The Morgan fingerprint density at radius 1 is 1.30 bits per heavy atom. The molecule has 1 N–H and O–H groups in total. The SMILES string of the molecule is CCc1nc(C)nc(-c2ccccc2OC)c1C(=O)O. The maximum atomic E-state index is 11.6. The Balaban J connectivity index is 2.78. The number of carbonyl (C=O) groups is 1. The van der Waals surface area contributed by atoms with Crippen LogP contribution in [0.5, 0.6) is 5.75 Å². The molecule has 0 bridgehead atoms. The number of para-hydroxylation sites is 1. The van der Waals surface area contributed by atoms with Crippen LogP contribution in [-0.2, 0) is 6.42 Å². The molecule has 0 radical (unpaired) electrons. The third kappa shape index (κ3) is 2.47. The second-order valence-electron chi connectivity index (χ2n) is 4.30. The molecule has 0 unspecified atom stereocenters. The van der Waals surface area contributed by atoms with Gasteiger partial charge in [-0.15, -0.1) is 0 Å². The molecule has 104 valence electrons. The predicted molar refractivity (Wildman–Crippen MR) is 75.1 cm³/mol. The van der Waals surface area contributed by atoms with Gasteiger partial charge in [0.25, 0.3) is 0 Å². The van der Waals surface area contributed by atoms with Gasteiger partial charge >= 0.3 is 5.97 Å². The third-order valence-corrected chi connectivity index (χ3v) is 3.01. The van der Waals surface area contributed by atoms with Gasteiger partial charge in [0.2, 0.25) is 0 Å². The van der Waals surface area contributed by atoms with Gasteiger partial charge in [0, 0.05) is 5.56 Å². The highest BCUT2D eigenvalue weighted by atomic mass is 16.5. The van der Waals surface area contributed by atoms with Crippen LogP contribution in [0.3, 0.4) is 0 Å². The number of nitrogens with zero attached hydrogens (tertiary/aromatic N) is 2. The minimum Gasteiger partial charge on any atom is -0.496 e. The van der Waals surface area contributed by atoms with Crippen LogP contribution < -0.4 is 4.74 Å². The Kier molecular flexibility index (Phi) is 3.98. The summed E-state index contributed by atoms with van der Waals surface area (Å²) in [5.74, 6) is 0.116. The van der Waals surface area contributed by atoms with Gasteiger partial charge in [-0.25, -0.2) is 14.8 Å². The number of carboxylic acids is 1. The van der Waals surface area contributed by atoms with Crippen LogP contribution in [0.1, 0.15) is 28.8 Å². The lowest BCUT2D eigenvalue weighted by molar-refractivity contribution is 0.0695. The first kappa shape index (κ1) is 14.0. The highest BCUT2D eigenvalue weighted by Gasteiger charge is 2.21. The topological polar surface area (TPSA) is 72.3 Å². The van der Waals surface area contributed by atoms with Crippen molar-refractivity contribution in [1.29, 1.82) is 0 Å². The van der Waals surface area contributed by atoms with Crippen LogP contribution in [0, 0.1) is 6.92 Å². The van der Waals surface area contributed by atoms with Gasteiger partial charge in [0.15, 0.2) is 0 Å². The van der Waals surface area contributed by atoms with Crippen LogP contribution >= 0.6 is 0 Å². The predicted octanol–water partition coefficient (Wildman–Crippen LogP) is 2.72. The molecule has 0 saturated carbocycles. The quantitative estimate of drug-likeness (QED) is 0.926. The van der Waals surface area contributed by atoms with E-state index in [4.69, 9.17) is 4.74 Å². The molecule has 0 amide bonds.